The highest BCUT2D eigenvalue weighted by molar-refractivity contribution is 5.78. The average molecular weight is 185 g/mol. The van der Waals surface area contributed by atoms with Crippen LogP contribution in [0, 0.1) is 0 Å². The zero-order chi connectivity index (χ0) is 9.78. The van der Waals surface area contributed by atoms with Gasteiger partial charge in [-0.05, 0) is 6.92 Å². The maximum atomic E-state index is 12.7. The second kappa shape index (κ2) is 4.30. The van der Waals surface area contributed by atoms with Gasteiger partial charge < -0.3 is 4.74 Å². The third-order valence-electron chi connectivity index (χ3n) is 1.07. The van der Waals surface area contributed by atoms with E-state index in [4.69, 9.17) is 0 Å². The Morgan fingerprint density at radius 1 is 1.67 bits per heavy atom. The number of hydrogen-bond acceptors (Lipinski definition) is 3. The Bertz CT molecular complexity index is 161. The summed E-state index contributed by atoms with van der Waals surface area (Å²) >= 11 is 0. The van der Waals surface area contributed by atoms with E-state index < -0.39 is 24.6 Å². The number of rotatable bonds is 4. The first-order valence-electron chi connectivity index (χ1n) is 3.33. The fourth-order valence-electron chi connectivity index (χ4n) is 0.559. The van der Waals surface area contributed by atoms with Crippen LogP contribution in [-0.2, 0) is 9.53 Å². The SMILES string of the molecule is CCOC(=O)C(N)(F)CC(F)F. The van der Waals surface area contributed by atoms with E-state index in [-0.39, 0.29) is 6.61 Å². The highest BCUT2D eigenvalue weighted by Crippen LogP contribution is 2.16. The molecule has 0 aliphatic carbocycles. The molecule has 6 heteroatoms. The third-order valence-corrected chi connectivity index (χ3v) is 1.07. The topological polar surface area (TPSA) is 52.3 Å². The minimum atomic E-state index is -3.08. The van der Waals surface area contributed by atoms with Crippen molar-refractivity contribution in [3.63, 3.8) is 0 Å². The lowest BCUT2D eigenvalue weighted by molar-refractivity contribution is -0.159. The number of alkyl halides is 3. The molecular weight excluding hydrogens is 175 g/mol. The largest absolute Gasteiger partial charge is 0.463 e. The maximum Gasteiger partial charge on any atom is 0.359 e. The number of halogens is 3. The summed E-state index contributed by atoms with van der Waals surface area (Å²) in [5.41, 5.74) is 4.63. The minimum Gasteiger partial charge on any atom is -0.463 e. The highest BCUT2D eigenvalue weighted by Gasteiger charge is 2.38. The van der Waals surface area contributed by atoms with Crippen LogP contribution in [-0.4, -0.2) is 24.8 Å². The lowest BCUT2D eigenvalue weighted by atomic mass is 10.2. The van der Waals surface area contributed by atoms with Crippen LogP contribution in [0.5, 0.6) is 0 Å². The van der Waals surface area contributed by atoms with Crippen molar-refractivity contribution in [3.8, 4) is 0 Å². The molecule has 0 aliphatic heterocycles. The van der Waals surface area contributed by atoms with Crippen molar-refractivity contribution in [2.45, 2.75) is 25.6 Å². The summed E-state index contributed by atoms with van der Waals surface area (Å²) in [6.07, 6.45) is -4.31. The molecule has 1 atom stereocenters. The molecule has 1 unspecified atom stereocenters. The molecule has 0 aromatic rings. The van der Waals surface area contributed by atoms with Gasteiger partial charge in [0.15, 0.2) is 0 Å². The normalized spacial score (nSPS) is 15.8. The van der Waals surface area contributed by atoms with Gasteiger partial charge in [0.1, 0.15) is 0 Å². The third kappa shape index (κ3) is 3.56. The van der Waals surface area contributed by atoms with Gasteiger partial charge in [0, 0.05) is 0 Å². The first-order valence-corrected chi connectivity index (χ1v) is 3.33. The Kier molecular flexibility index (Phi) is 4.02. The van der Waals surface area contributed by atoms with E-state index in [0.717, 1.165) is 0 Å². The van der Waals surface area contributed by atoms with Crippen molar-refractivity contribution in [3.05, 3.63) is 0 Å². The minimum absolute atomic E-state index is 0.0923. The maximum absolute atomic E-state index is 12.7. The molecule has 12 heavy (non-hydrogen) atoms. The monoisotopic (exact) mass is 185 g/mol. The van der Waals surface area contributed by atoms with Crippen molar-refractivity contribution >= 4 is 5.97 Å². The average Bonchev–Trinajstić information content (AvgIpc) is 1.85. The molecule has 0 spiro atoms. The Labute approximate surface area is 67.7 Å². The molecular formula is C6H10F3NO2. The molecule has 0 rings (SSSR count). The molecule has 72 valence electrons. The summed E-state index contributed by atoms with van der Waals surface area (Å²) in [6, 6.07) is 0. The Morgan fingerprint density at radius 3 is 2.50 bits per heavy atom. The molecule has 0 fully saturated rings. The van der Waals surface area contributed by atoms with Crippen LogP contribution in [0.2, 0.25) is 0 Å². The number of carbonyl (C=O) groups is 1. The highest BCUT2D eigenvalue weighted by atomic mass is 19.3. The van der Waals surface area contributed by atoms with Crippen LogP contribution < -0.4 is 5.73 Å². The van der Waals surface area contributed by atoms with Gasteiger partial charge in [-0.1, -0.05) is 0 Å². The Balaban J connectivity index is 4.09. The van der Waals surface area contributed by atoms with Crippen molar-refractivity contribution < 1.29 is 22.7 Å². The van der Waals surface area contributed by atoms with Crippen LogP contribution in [0.4, 0.5) is 13.2 Å². The van der Waals surface area contributed by atoms with E-state index in [0.29, 0.717) is 0 Å². The van der Waals surface area contributed by atoms with Crippen LogP contribution in [0.3, 0.4) is 0 Å². The molecule has 0 saturated carbocycles. The zero-order valence-corrected chi connectivity index (χ0v) is 6.52. The van der Waals surface area contributed by atoms with Crippen LogP contribution >= 0.6 is 0 Å². The molecule has 0 radical (unpaired) electrons. The lowest BCUT2D eigenvalue weighted by Crippen LogP contribution is -2.46. The van der Waals surface area contributed by atoms with Crippen LogP contribution in [0.1, 0.15) is 13.3 Å². The fraction of sp³-hybridized carbons (Fsp3) is 0.833. The Hall–Kier alpha value is -0.780. The first-order chi connectivity index (χ1) is 5.40. The van der Waals surface area contributed by atoms with Gasteiger partial charge in [0.2, 0.25) is 6.43 Å². The molecule has 0 bridgehead atoms. The van der Waals surface area contributed by atoms with E-state index >= 15 is 0 Å². The van der Waals surface area contributed by atoms with Crippen molar-refractivity contribution in [2.75, 3.05) is 6.61 Å². The second-order valence-corrected chi connectivity index (χ2v) is 2.18. The predicted molar refractivity (Wildman–Crippen MR) is 35.3 cm³/mol. The van der Waals surface area contributed by atoms with Crippen molar-refractivity contribution in [1.29, 1.82) is 0 Å². The summed E-state index contributed by atoms with van der Waals surface area (Å²) in [5.74, 6) is -4.53. The summed E-state index contributed by atoms with van der Waals surface area (Å²) in [4.78, 5) is 10.5. The van der Waals surface area contributed by atoms with Gasteiger partial charge in [0.05, 0.1) is 13.0 Å². The summed E-state index contributed by atoms with van der Waals surface area (Å²) in [5, 5.41) is 0. The molecule has 0 aromatic carbocycles. The van der Waals surface area contributed by atoms with Gasteiger partial charge in [-0.2, -0.15) is 0 Å². The van der Waals surface area contributed by atoms with Gasteiger partial charge in [-0.15, -0.1) is 0 Å². The molecule has 0 heterocycles. The van der Waals surface area contributed by atoms with Gasteiger partial charge >= 0.3 is 5.97 Å². The van der Waals surface area contributed by atoms with Crippen LogP contribution in [0.25, 0.3) is 0 Å². The molecule has 0 saturated heterocycles. The summed E-state index contributed by atoms with van der Waals surface area (Å²) in [7, 11) is 0. The molecule has 3 nitrogen and oxygen atoms in total. The van der Waals surface area contributed by atoms with Gasteiger partial charge in [0.25, 0.3) is 5.79 Å². The predicted octanol–water partition coefficient (Wildman–Crippen LogP) is 0.829. The zero-order valence-electron chi connectivity index (χ0n) is 6.52. The summed E-state index contributed by atoms with van der Waals surface area (Å²) in [6.45, 7) is 1.33. The number of carbonyl (C=O) groups excluding carboxylic acids is 1. The number of hydrogen-bond donors (Lipinski definition) is 1. The van der Waals surface area contributed by atoms with E-state index in [9.17, 15) is 18.0 Å². The van der Waals surface area contributed by atoms with E-state index in [2.05, 4.69) is 10.5 Å². The van der Waals surface area contributed by atoms with E-state index in [1.165, 1.54) is 6.92 Å². The number of ether oxygens (including phenoxy) is 1. The molecule has 0 aromatic heterocycles. The fourth-order valence-corrected chi connectivity index (χ4v) is 0.559. The smallest absolute Gasteiger partial charge is 0.359 e. The standard InChI is InChI=1S/C6H10F3NO2/c1-2-12-5(11)6(9,10)3-4(7)8/h4H,2-3,10H2,1H3. The van der Waals surface area contributed by atoms with Gasteiger partial charge in [-0.3, -0.25) is 5.73 Å². The van der Waals surface area contributed by atoms with Crippen LogP contribution in [0.15, 0.2) is 0 Å². The number of esters is 1. The van der Waals surface area contributed by atoms with E-state index in [1.807, 2.05) is 0 Å². The lowest BCUT2D eigenvalue weighted by Gasteiger charge is -2.16. The first kappa shape index (κ1) is 11.2. The van der Waals surface area contributed by atoms with E-state index in [1.54, 1.807) is 0 Å². The number of nitrogens with two attached hydrogens (primary N) is 1. The van der Waals surface area contributed by atoms with Gasteiger partial charge in [-0.25, -0.2) is 18.0 Å². The van der Waals surface area contributed by atoms with Crippen molar-refractivity contribution in [2.24, 2.45) is 5.73 Å². The summed E-state index contributed by atoms with van der Waals surface area (Å²) < 4.78 is 40.1. The molecule has 2 N–H and O–H groups in total. The molecule has 0 amide bonds. The van der Waals surface area contributed by atoms with Crippen molar-refractivity contribution in [1.82, 2.24) is 0 Å². The quantitative estimate of drug-likeness (QED) is 0.521. The Morgan fingerprint density at radius 2 is 2.17 bits per heavy atom. The molecule has 0 aliphatic rings. The second-order valence-electron chi connectivity index (χ2n) is 2.18.